The summed E-state index contributed by atoms with van der Waals surface area (Å²) in [6, 6.07) is 52.6. The number of aryl methyl sites for hydroxylation is 1. The van der Waals surface area contributed by atoms with Gasteiger partial charge in [-0.25, -0.2) is 24.9 Å². The van der Waals surface area contributed by atoms with E-state index in [2.05, 4.69) is 29.7 Å². The fourth-order valence-corrected chi connectivity index (χ4v) is 16.1. The highest BCUT2D eigenvalue weighted by molar-refractivity contribution is 8.77. The summed E-state index contributed by atoms with van der Waals surface area (Å²) in [6.45, 7) is 2.00. The van der Waals surface area contributed by atoms with Crippen molar-refractivity contribution in [3.05, 3.63) is 211 Å². The monoisotopic (exact) mass is 1430 g/mol. The van der Waals surface area contributed by atoms with Crippen LogP contribution in [0.4, 0.5) is 0 Å². The van der Waals surface area contributed by atoms with E-state index in [1.807, 2.05) is 140 Å². The van der Waals surface area contributed by atoms with Gasteiger partial charge in [0.15, 0.2) is 0 Å². The summed E-state index contributed by atoms with van der Waals surface area (Å²) in [6.07, 6.45) is 15.2. The first-order valence-corrected chi connectivity index (χ1v) is 40.3. The highest BCUT2D eigenvalue weighted by Crippen LogP contribution is 2.33. The second kappa shape index (κ2) is 52.0. The quantitative estimate of drug-likeness (QED) is 0.0175. The van der Waals surface area contributed by atoms with Gasteiger partial charge in [-0.3, -0.25) is 24.0 Å². The van der Waals surface area contributed by atoms with E-state index in [0.29, 0.717) is 54.4 Å². The van der Waals surface area contributed by atoms with Crippen LogP contribution >= 0.6 is 120 Å². The van der Waals surface area contributed by atoms with Gasteiger partial charge in [-0.1, -0.05) is 132 Å². The Balaban J connectivity index is 0.000000245. The Kier molecular flexibility index (Phi) is 44.6. The van der Waals surface area contributed by atoms with E-state index in [9.17, 15) is 24.0 Å². The molecule has 15 nitrogen and oxygen atoms in total. The third kappa shape index (κ3) is 42.4. The largest absolute Gasteiger partial charge is 0.469 e. The topological polar surface area (TPSA) is 213 Å². The minimum Gasteiger partial charge on any atom is -0.469 e. The molecule has 0 saturated carbocycles. The van der Waals surface area contributed by atoms with Gasteiger partial charge >= 0.3 is 23.9 Å². The molecule has 0 radical (unpaired) electrons. The van der Waals surface area contributed by atoms with Gasteiger partial charge < -0.3 is 24.7 Å². The molecule has 482 valence electrons. The number of ether oxygens (including phenoxy) is 4. The Morgan fingerprint density at radius 3 is 0.923 bits per heavy atom. The third-order valence-corrected chi connectivity index (χ3v) is 22.5. The number of hydrogen-bond acceptors (Lipinski definition) is 24. The summed E-state index contributed by atoms with van der Waals surface area (Å²) >= 11 is 5.77. The molecule has 0 unspecified atom stereocenters. The standard InChI is InChI=1S/C16H17NO2S2.C15H14ClNO2S2.C15H15NO2S2.C10H13NO2S2.C9H12N2OS2/c1-13-7-9-14(10-8-13)19-16(18)6-4-12-20-21-15-5-2-3-11-17-15;16-12-6-8-13(9-7-12)19-15(18)5-3-11-20-21-14-4-1-2-10-17-14;17-15(18-13-7-2-1-3-8-13)10-6-12-19-20-14-9-4-5-11-16-14;1-13-10(12)6-4-8-14-15-9-5-2-3-7-11-9;10-8(12)4-3-7-13-14-9-5-1-2-6-11-9/h2-3,5,7-11H,4,6,12H2,1H3;1-2,4,6-10H,3,5,11H2;1-5,7-9,11H,6,10,12H2;2-3,5,7H,4,6,8H2,1H3;1-2,5-6H,3-4,7H2,(H2,10,12). The molecule has 0 aliphatic heterocycles. The number of hydrogen-bond donors (Lipinski definition) is 1. The maximum Gasteiger partial charge on any atom is 0.311 e. The number of nitrogens with two attached hydrogens (primary N) is 1. The molecule has 0 atom stereocenters. The molecule has 0 bridgehead atoms. The van der Waals surface area contributed by atoms with Crippen LogP contribution < -0.4 is 19.9 Å². The van der Waals surface area contributed by atoms with Gasteiger partial charge in [0, 0.05) is 96.9 Å². The molecule has 2 N–H and O–H groups in total. The van der Waals surface area contributed by atoms with E-state index in [0.717, 1.165) is 91.6 Å². The van der Waals surface area contributed by atoms with Crippen LogP contribution in [0.1, 0.15) is 69.8 Å². The maximum atomic E-state index is 11.7. The van der Waals surface area contributed by atoms with Crippen molar-refractivity contribution >= 4 is 149 Å². The summed E-state index contributed by atoms with van der Waals surface area (Å²) in [4.78, 5) is 77.1. The molecular weight excluding hydrogens is 1360 g/mol. The first kappa shape index (κ1) is 78.0. The van der Waals surface area contributed by atoms with Crippen molar-refractivity contribution in [1.29, 1.82) is 0 Å². The van der Waals surface area contributed by atoms with Gasteiger partial charge in [0.1, 0.15) is 42.4 Å². The SMILES string of the molecule is COC(=O)CCCSSc1ccccn1.Cc1ccc(OC(=O)CCCSSc2ccccn2)cc1.NC(=O)CCCSSc1ccccn1.O=C(CCCSSc1ccccn1)Oc1ccc(Cl)cc1.O=C(CCCSSc1ccccn1)Oc1ccccc1. The number of rotatable bonds is 33. The smallest absolute Gasteiger partial charge is 0.311 e. The van der Waals surface area contributed by atoms with Gasteiger partial charge in [-0.15, -0.1) is 0 Å². The fraction of sp³-hybridized carbons (Fsp3) is 0.262. The molecule has 5 heterocycles. The van der Waals surface area contributed by atoms with E-state index in [4.69, 9.17) is 31.5 Å². The van der Waals surface area contributed by atoms with E-state index in [1.54, 1.807) is 175 Å². The fourth-order valence-electron chi connectivity index (χ4n) is 6.15. The second-order valence-corrected chi connectivity index (χ2v) is 30.5. The normalized spacial score (nSPS) is 10.2. The molecule has 0 fully saturated rings. The molecule has 3 aromatic carbocycles. The lowest BCUT2D eigenvalue weighted by Crippen LogP contribution is -2.09. The van der Waals surface area contributed by atoms with E-state index in [-0.39, 0.29) is 29.8 Å². The van der Waals surface area contributed by atoms with Crippen LogP contribution in [0.2, 0.25) is 5.02 Å². The highest BCUT2D eigenvalue weighted by Gasteiger charge is 2.09. The van der Waals surface area contributed by atoms with Crippen LogP contribution in [-0.4, -0.2) is 90.6 Å². The number of nitrogens with zero attached hydrogens (tertiary/aromatic N) is 5. The predicted octanol–water partition coefficient (Wildman–Crippen LogP) is 18.4. The number of amides is 1. The molecule has 91 heavy (non-hydrogen) atoms. The molecule has 8 rings (SSSR count). The van der Waals surface area contributed by atoms with Crippen molar-refractivity contribution in [2.45, 2.75) is 96.3 Å². The maximum absolute atomic E-state index is 11.7. The molecule has 8 aromatic rings. The average molecular weight is 1440 g/mol. The van der Waals surface area contributed by atoms with Gasteiger partial charge in [-0.2, -0.15) is 0 Å². The van der Waals surface area contributed by atoms with Crippen LogP contribution in [0.25, 0.3) is 0 Å². The molecule has 0 spiro atoms. The summed E-state index contributed by atoms with van der Waals surface area (Å²) in [5.41, 5.74) is 6.17. The van der Waals surface area contributed by atoms with Gasteiger partial charge in [0.2, 0.25) is 5.91 Å². The molecular formula is C65H71ClN6O9S10. The van der Waals surface area contributed by atoms with Gasteiger partial charge in [-0.05, 0) is 202 Å². The molecule has 26 heteroatoms. The van der Waals surface area contributed by atoms with Crippen LogP contribution in [-0.2, 0) is 28.7 Å². The molecule has 0 aliphatic rings. The summed E-state index contributed by atoms with van der Waals surface area (Å²) in [5.74, 6) is 5.30. The minimum atomic E-state index is -0.228. The zero-order valence-corrected chi connectivity index (χ0v) is 59.0. The zero-order chi connectivity index (χ0) is 65.0. The summed E-state index contributed by atoms with van der Waals surface area (Å²) in [5, 5.41) is 5.58. The van der Waals surface area contributed by atoms with Crippen LogP contribution in [0, 0.1) is 6.92 Å². The lowest BCUT2D eigenvalue weighted by atomic mass is 10.2. The van der Waals surface area contributed by atoms with Crippen molar-refractivity contribution in [1.82, 2.24) is 24.9 Å². The minimum absolute atomic E-state index is 0.140. The number of benzene rings is 3. The number of methoxy groups -OCH3 is 1. The van der Waals surface area contributed by atoms with Crippen molar-refractivity contribution in [3.63, 3.8) is 0 Å². The Labute approximate surface area is 578 Å². The van der Waals surface area contributed by atoms with Crippen molar-refractivity contribution < 1.29 is 42.9 Å². The van der Waals surface area contributed by atoms with Crippen LogP contribution in [0.5, 0.6) is 17.2 Å². The number of primary amides is 1. The number of carbonyl (C=O) groups excluding carboxylic acids is 5. The van der Waals surface area contributed by atoms with Gasteiger partial charge in [0.05, 0.1) is 7.11 Å². The number of pyridine rings is 5. The molecule has 5 aromatic heterocycles. The van der Waals surface area contributed by atoms with Gasteiger partial charge in [0.25, 0.3) is 0 Å². The number of esters is 4. The molecule has 1 amide bonds. The van der Waals surface area contributed by atoms with E-state index in [1.165, 1.54) is 7.11 Å². The van der Waals surface area contributed by atoms with Crippen molar-refractivity contribution in [2.24, 2.45) is 5.73 Å². The van der Waals surface area contributed by atoms with Crippen LogP contribution in [0.15, 0.2) is 226 Å². The Hall–Kier alpha value is -5.45. The number of halogens is 1. The van der Waals surface area contributed by atoms with Crippen molar-refractivity contribution in [2.75, 3.05) is 35.9 Å². The molecule has 0 saturated heterocycles. The Morgan fingerprint density at radius 1 is 0.363 bits per heavy atom. The Morgan fingerprint density at radius 2 is 0.637 bits per heavy atom. The number of para-hydroxylation sites is 1. The lowest BCUT2D eigenvalue weighted by molar-refractivity contribution is -0.140. The first-order valence-electron chi connectivity index (χ1n) is 28.3. The number of carbonyl (C=O) groups is 5. The van der Waals surface area contributed by atoms with E-state index < -0.39 is 0 Å². The molecule has 0 aliphatic carbocycles. The highest BCUT2D eigenvalue weighted by atomic mass is 35.5. The number of aromatic nitrogens is 5. The van der Waals surface area contributed by atoms with Crippen LogP contribution in [0.3, 0.4) is 0 Å². The van der Waals surface area contributed by atoms with Crippen molar-refractivity contribution in [3.8, 4) is 17.2 Å². The second-order valence-electron chi connectivity index (χ2n) is 17.9. The average Bonchev–Trinajstić information content (AvgIpc) is 3.74. The third-order valence-electron chi connectivity index (χ3n) is 10.5. The van der Waals surface area contributed by atoms with E-state index >= 15 is 0 Å². The lowest BCUT2D eigenvalue weighted by Gasteiger charge is -2.04. The predicted molar refractivity (Wildman–Crippen MR) is 386 cm³/mol. The first-order chi connectivity index (χ1) is 44.4. The zero-order valence-electron chi connectivity index (χ0n) is 50.1. The summed E-state index contributed by atoms with van der Waals surface area (Å²) < 4.78 is 20.2. The Bertz CT molecular complexity index is 3090. The summed E-state index contributed by atoms with van der Waals surface area (Å²) in [7, 11) is 18.0.